The van der Waals surface area contributed by atoms with Crippen LogP contribution in [0.25, 0.3) is 0 Å². The van der Waals surface area contributed by atoms with Crippen LogP contribution in [0.5, 0.6) is 5.75 Å². The fraction of sp³-hybridized carbons (Fsp3) is 0.364. The summed E-state index contributed by atoms with van der Waals surface area (Å²) in [6.45, 7) is 1.41. The summed E-state index contributed by atoms with van der Waals surface area (Å²) in [5.74, 6) is 1.20. The summed E-state index contributed by atoms with van der Waals surface area (Å²) in [6, 6.07) is 15.6. The van der Waals surface area contributed by atoms with E-state index in [9.17, 15) is 4.79 Å². The largest absolute Gasteiger partial charge is 0.494 e. The maximum absolute atomic E-state index is 13.1. The van der Waals surface area contributed by atoms with Gasteiger partial charge in [-0.15, -0.1) is 0 Å². The molecule has 0 fully saturated rings. The Morgan fingerprint density at radius 2 is 1.93 bits per heavy atom. The average Bonchev–Trinajstić information content (AvgIpc) is 3.10. The van der Waals surface area contributed by atoms with Crippen LogP contribution in [0.1, 0.15) is 23.1 Å². The van der Waals surface area contributed by atoms with Gasteiger partial charge in [0.1, 0.15) is 12.4 Å². The number of fused-ring (bicyclic) bond motifs is 1. The van der Waals surface area contributed by atoms with E-state index in [2.05, 4.69) is 12.1 Å². The molecule has 0 unspecified atom stereocenters. The third-order valence-electron chi connectivity index (χ3n) is 5.19. The maximum Gasteiger partial charge on any atom is 0.254 e. The number of benzene rings is 2. The van der Waals surface area contributed by atoms with Crippen molar-refractivity contribution in [3.63, 3.8) is 0 Å². The molecule has 0 aliphatic carbocycles. The van der Waals surface area contributed by atoms with Gasteiger partial charge in [-0.3, -0.25) is 4.79 Å². The smallest absolute Gasteiger partial charge is 0.254 e. The predicted octanol–water partition coefficient (Wildman–Crippen LogP) is 2.18. The number of rotatable bonds is 5. The highest BCUT2D eigenvalue weighted by atomic mass is 16.5. The molecule has 0 radical (unpaired) electrons. The number of hydrogen-bond acceptors (Lipinski definition) is 5. The van der Waals surface area contributed by atoms with E-state index in [-0.39, 0.29) is 19.1 Å². The molecule has 0 aromatic heterocycles. The lowest BCUT2D eigenvalue weighted by molar-refractivity contribution is -0.136. The van der Waals surface area contributed by atoms with Gasteiger partial charge in [0.2, 0.25) is 5.90 Å². The average molecular weight is 380 g/mol. The topological polar surface area (TPSA) is 71.4 Å². The number of likely N-dealkylation sites (N-methyl/N-ethyl adjacent to an activating group) is 1. The second-order valence-electron chi connectivity index (χ2n) is 7.29. The Morgan fingerprint density at radius 3 is 2.68 bits per heavy atom. The Bertz CT molecular complexity index is 894. The van der Waals surface area contributed by atoms with Crippen molar-refractivity contribution in [1.82, 2.24) is 4.90 Å². The van der Waals surface area contributed by atoms with Gasteiger partial charge in [0.25, 0.3) is 5.91 Å². The molecule has 0 saturated heterocycles. The lowest BCUT2D eigenvalue weighted by Crippen LogP contribution is -2.47. The van der Waals surface area contributed by atoms with Gasteiger partial charge >= 0.3 is 0 Å². The lowest BCUT2D eigenvalue weighted by Gasteiger charge is -2.25. The highest BCUT2D eigenvalue weighted by Gasteiger charge is 2.47. The second-order valence-corrected chi connectivity index (χ2v) is 7.29. The summed E-state index contributed by atoms with van der Waals surface area (Å²) < 4.78 is 11.4. The van der Waals surface area contributed by atoms with Crippen LogP contribution in [0.3, 0.4) is 0 Å². The van der Waals surface area contributed by atoms with Crippen molar-refractivity contribution < 1.29 is 19.4 Å². The first kappa shape index (κ1) is 18.5. The standard InChI is InChI=1S/C22H24N2O4/c1-24-14-18-6-3-2-5-17(18)13-22(21(24)26)15-28-20(23-22)16-7-9-19(10-8-16)27-12-4-11-25/h2-3,5-10,25H,4,11-15H2,1H3/t22-/m1/s1. The van der Waals surface area contributed by atoms with Crippen LogP contribution in [0.4, 0.5) is 0 Å². The molecule has 4 rings (SSSR count). The first-order chi connectivity index (χ1) is 13.6. The molecule has 146 valence electrons. The molecule has 1 atom stereocenters. The number of aliphatic hydroxyl groups excluding tert-OH is 1. The summed E-state index contributed by atoms with van der Waals surface area (Å²) >= 11 is 0. The molecule has 1 N–H and O–H groups in total. The van der Waals surface area contributed by atoms with Crippen LogP contribution < -0.4 is 4.74 Å². The van der Waals surface area contributed by atoms with E-state index in [0.29, 0.717) is 31.9 Å². The van der Waals surface area contributed by atoms with Gasteiger partial charge in [-0.05, 0) is 35.4 Å². The number of amides is 1. The third kappa shape index (κ3) is 3.47. The molecule has 2 aliphatic heterocycles. The number of ether oxygens (including phenoxy) is 2. The first-order valence-corrected chi connectivity index (χ1v) is 9.50. The van der Waals surface area contributed by atoms with E-state index in [1.165, 1.54) is 0 Å². The fourth-order valence-corrected chi connectivity index (χ4v) is 3.70. The highest BCUT2D eigenvalue weighted by Crippen LogP contribution is 2.32. The number of carbonyl (C=O) groups excluding carboxylic acids is 1. The molecular formula is C22H24N2O4. The minimum atomic E-state index is -0.910. The molecule has 2 aromatic carbocycles. The van der Waals surface area contributed by atoms with E-state index in [4.69, 9.17) is 19.6 Å². The van der Waals surface area contributed by atoms with E-state index < -0.39 is 5.54 Å². The minimum Gasteiger partial charge on any atom is -0.494 e. The number of aliphatic imine (C=N–C) groups is 1. The Kier molecular flexibility index (Phi) is 5.05. The molecular weight excluding hydrogens is 356 g/mol. The zero-order chi connectivity index (χ0) is 19.6. The van der Waals surface area contributed by atoms with E-state index in [1.807, 2.05) is 43.4 Å². The molecule has 6 heteroatoms. The predicted molar refractivity (Wildman–Crippen MR) is 105 cm³/mol. The molecule has 0 bridgehead atoms. The SMILES string of the molecule is CN1Cc2ccccc2C[C@@]2(COC(c3ccc(OCCCO)cc3)=N2)C1=O. The molecule has 28 heavy (non-hydrogen) atoms. The van der Waals surface area contributed by atoms with Crippen LogP contribution in [-0.4, -0.2) is 54.2 Å². The quantitative estimate of drug-likeness (QED) is 0.807. The van der Waals surface area contributed by atoms with Gasteiger partial charge in [-0.1, -0.05) is 24.3 Å². The number of aliphatic hydroxyl groups is 1. The number of nitrogens with zero attached hydrogens (tertiary/aromatic N) is 2. The highest BCUT2D eigenvalue weighted by molar-refractivity contribution is 6.00. The van der Waals surface area contributed by atoms with E-state index in [0.717, 1.165) is 22.4 Å². The molecule has 0 saturated carbocycles. The van der Waals surface area contributed by atoms with Crippen molar-refractivity contribution in [2.75, 3.05) is 26.9 Å². The zero-order valence-electron chi connectivity index (χ0n) is 15.9. The minimum absolute atomic E-state index is 0.0114. The van der Waals surface area contributed by atoms with Crippen LogP contribution >= 0.6 is 0 Å². The van der Waals surface area contributed by atoms with Gasteiger partial charge < -0.3 is 19.5 Å². The monoisotopic (exact) mass is 380 g/mol. The summed E-state index contributed by atoms with van der Waals surface area (Å²) in [5.41, 5.74) is 2.21. The summed E-state index contributed by atoms with van der Waals surface area (Å²) in [5, 5.41) is 8.83. The van der Waals surface area contributed by atoms with Gasteiger partial charge in [0, 0.05) is 38.6 Å². The molecule has 2 aliphatic rings. The van der Waals surface area contributed by atoms with Crippen LogP contribution in [0.2, 0.25) is 0 Å². The zero-order valence-corrected chi connectivity index (χ0v) is 15.9. The van der Waals surface area contributed by atoms with Crippen LogP contribution in [0, 0.1) is 0 Å². The maximum atomic E-state index is 13.1. The molecule has 6 nitrogen and oxygen atoms in total. The molecule has 1 spiro atoms. The summed E-state index contributed by atoms with van der Waals surface area (Å²) in [7, 11) is 1.82. The van der Waals surface area contributed by atoms with Crippen molar-refractivity contribution >= 4 is 11.8 Å². The van der Waals surface area contributed by atoms with Gasteiger partial charge in [0.05, 0.1) is 6.61 Å². The third-order valence-corrected chi connectivity index (χ3v) is 5.19. The van der Waals surface area contributed by atoms with E-state index >= 15 is 0 Å². The summed E-state index contributed by atoms with van der Waals surface area (Å²) in [6.07, 6.45) is 1.13. The van der Waals surface area contributed by atoms with Crippen molar-refractivity contribution in [1.29, 1.82) is 0 Å². The lowest BCUT2D eigenvalue weighted by atomic mass is 9.91. The van der Waals surface area contributed by atoms with Crippen molar-refractivity contribution in [3.05, 3.63) is 65.2 Å². The molecule has 2 aromatic rings. The van der Waals surface area contributed by atoms with Gasteiger partial charge in [-0.25, -0.2) is 4.99 Å². The second kappa shape index (κ2) is 7.64. The van der Waals surface area contributed by atoms with Crippen molar-refractivity contribution in [2.24, 2.45) is 4.99 Å². The molecule has 1 amide bonds. The molecule has 2 heterocycles. The normalized spacial score (nSPS) is 21.1. The van der Waals surface area contributed by atoms with Crippen molar-refractivity contribution in [2.45, 2.75) is 24.9 Å². The number of carbonyl (C=O) groups is 1. The first-order valence-electron chi connectivity index (χ1n) is 9.50. The van der Waals surface area contributed by atoms with Crippen LogP contribution in [-0.2, 0) is 22.5 Å². The Balaban J connectivity index is 1.59. The van der Waals surface area contributed by atoms with E-state index in [1.54, 1.807) is 4.90 Å². The van der Waals surface area contributed by atoms with Gasteiger partial charge in [-0.2, -0.15) is 0 Å². The number of hydrogen-bond donors (Lipinski definition) is 1. The Hall–Kier alpha value is -2.86. The Labute approximate surface area is 164 Å². The Morgan fingerprint density at radius 1 is 1.18 bits per heavy atom. The van der Waals surface area contributed by atoms with Gasteiger partial charge in [0.15, 0.2) is 5.54 Å². The summed E-state index contributed by atoms with van der Waals surface area (Å²) in [4.78, 5) is 19.6. The van der Waals surface area contributed by atoms with Crippen LogP contribution in [0.15, 0.2) is 53.5 Å². The fourth-order valence-electron chi connectivity index (χ4n) is 3.70. The van der Waals surface area contributed by atoms with Crippen molar-refractivity contribution in [3.8, 4) is 5.75 Å².